The first-order chi connectivity index (χ1) is 15.6. The average molecular weight is 460 g/mol. The predicted octanol–water partition coefficient (Wildman–Crippen LogP) is 4.83. The monoisotopic (exact) mass is 460 g/mol. The van der Waals surface area contributed by atoms with Crippen LogP contribution in [-0.2, 0) is 17.4 Å². The number of pyridine rings is 1. The van der Waals surface area contributed by atoms with Crippen LogP contribution in [0.5, 0.6) is 0 Å². The van der Waals surface area contributed by atoms with Crippen molar-refractivity contribution >= 4 is 29.0 Å². The Hall–Kier alpha value is -3.95. The summed E-state index contributed by atoms with van der Waals surface area (Å²) in [6.45, 7) is 1.85. The van der Waals surface area contributed by atoms with E-state index in [-0.39, 0.29) is 22.6 Å². The van der Waals surface area contributed by atoms with Crippen molar-refractivity contribution in [3.63, 3.8) is 0 Å². The number of anilines is 3. The van der Waals surface area contributed by atoms with Gasteiger partial charge in [0, 0.05) is 18.9 Å². The molecule has 0 saturated heterocycles. The van der Waals surface area contributed by atoms with Gasteiger partial charge in [0.2, 0.25) is 5.91 Å². The molecule has 2 amide bonds. The predicted molar refractivity (Wildman–Crippen MR) is 116 cm³/mol. The number of rotatable bonds is 6. The van der Waals surface area contributed by atoms with Crippen molar-refractivity contribution in [2.45, 2.75) is 19.5 Å². The summed E-state index contributed by atoms with van der Waals surface area (Å²) in [5.74, 6) is -2.12. The number of hydrogen-bond acceptors (Lipinski definition) is 4. The maximum Gasteiger partial charge on any atom is 0.416 e. The fourth-order valence-electron chi connectivity index (χ4n) is 3.10. The number of nitrogens with one attached hydrogen (secondary N) is 3. The van der Waals surface area contributed by atoms with E-state index in [1.54, 1.807) is 12.1 Å². The number of amides is 2. The maximum atomic E-state index is 13.4. The number of carbonyl (C=O) groups is 2. The van der Waals surface area contributed by atoms with E-state index in [1.807, 2.05) is 19.1 Å². The average Bonchev–Trinajstić information content (AvgIpc) is 2.76. The molecule has 0 unspecified atom stereocenters. The fraction of sp³-hybridized carbons (Fsp3) is 0.174. The molecule has 0 spiro atoms. The first-order valence-corrected chi connectivity index (χ1v) is 9.78. The molecule has 0 aliphatic rings. The van der Waals surface area contributed by atoms with E-state index in [4.69, 9.17) is 0 Å². The van der Waals surface area contributed by atoms with Gasteiger partial charge in [-0.2, -0.15) is 13.2 Å². The number of para-hydroxylation sites is 1. The van der Waals surface area contributed by atoms with Gasteiger partial charge >= 0.3 is 6.18 Å². The first-order valence-electron chi connectivity index (χ1n) is 9.78. The number of carbonyl (C=O) groups excluding carboxylic acids is 2. The summed E-state index contributed by atoms with van der Waals surface area (Å²) in [6, 6.07) is 10.8. The second kappa shape index (κ2) is 9.68. The van der Waals surface area contributed by atoms with Crippen molar-refractivity contribution in [2.75, 3.05) is 17.7 Å². The lowest BCUT2D eigenvalue weighted by atomic mass is 10.0. The molecule has 0 bridgehead atoms. The van der Waals surface area contributed by atoms with E-state index in [0.29, 0.717) is 11.8 Å². The summed E-state index contributed by atoms with van der Waals surface area (Å²) in [7, 11) is 1.42. The lowest BCUT2D eigenvalue weighted by molar-refractivity contribution is -0.138. The zero-order chi connectivity index (χ0) is 24.2. The van der Waals surface area contributed by atoms with Gasteiger partial charge in [-0.3, -0.25) is 9.59 Å². The van der Waals surface area contributed by atoms with Gasteiger partial charge in [0.05, 0.1) is 23.2 Å². The minimum Gasteiger partial charge on any atom is -0.355 e. The number of benzene rings is 2. The van der Waals surface area contributed by atoms with E-state index in [0.717, 1.165) is 17.7 Å². The van der Waals surface area contributed by atoms with Gasteiger partial charge in [0.15, 0.2) is 5.82 Å². The van der Waals surface area contributed by atoms with Crippen LogP contribution in [0.2, 0.25) is 0 Å². The molecule has 33 heavy (non-hydrogen) atoms. The van der Waals surface area contributed by atoms with Crippen LogP contribution in [0.15, 0.2) is 54.7 Å². The Balaban J connectivity index is 1.92. The van der Waals surface area contributed by atoms with Crippen molar-refractivity contribution in [1.29, 1.82) is 0 Å². The largest absolute Gasteiger partial charge is 0.416 e. The van der Waals surface area contributed by atoms with Gasteiger partial charge in [-0.15, -0.1) is 0 Å². The minimum atomic E-state index is -4.82. The molecule has 1 aromatic heterocycles. The molecule has 0 fully saturated rings. The van der Waals surface area contributed by atoms with Gasteiger partial charge < -0.3 is 16.0 Å². The zero-order valence-corrected chi connectivity index (χ0v) is 17.7. The molecule has 1 heterocycles. The normalized spacial score (nSPS) is 11.1. The van der Waals surface area contributed by atoms with Crippen LogP contribution in [0.3, 0.4) is 0 Å². The first kappa shape index (κ1) is 23.7. The zero-order valence-electron chi connectivity index (χ0n) is 17.7. The number of nitrogens with zero attached hydrogens (tertiary/aromatic N) is 1. The lowest BCUT2D eigenvalue weighted by Crippen LogP contribution is -2.21. The number of alkyl halides is 3. The van der Waals surface area contributed by atoms with Crippen molar-refractivity contribution < 1.29 is 27.2 Å². The van der Waals surface area contributed by atoms with Crippen LogP contribution in [0, 0.1) is 12.7 Å². The van der Waals surface area contributed by atoms with Crippen LogP contribution in [0.1, 0.15) is 27.0 Å². The molecular weight excluding hydrogens is 440 g/mol. The van der Waals surface area contributed by atoms with Gasteiger partial charge in [0.25, 0.3) is 5.91 Å². The second-order valence-electron chi connectivity index (χ2n) is 7.16. The highest BCUT2D eigenvalue weighted by molar-refractivity contribution is 5.99. The number of aromatic nitrogens is 1. The van der Waals surface area contributed by atoms with Gasteiger partial charge in [-0.05, 0) is 42.3 Å². The summed E-state index contributed by atoms with van der Waals surface area (Å²) in [4.78, 5) is 28.8. The molecule has 2 aromatic carbocycles. The lowest BCUT2D eigenvalue weighted by Gasteiger charge is -2.16. The number of aryl methyl sites for hydroxylation is 1. The Labute approximate surface area is 187 Å². The van der Waals surface area contributed by atoms with Crippen molar-refractivity contribution in [2.24, 2.45) is 0 Å². The van der Waals surface area contributed by atoms with E-state index in [2.05, 4.69) is 20.9 Å². The molecule has 3 rings (SSSR count). The Morgan fingerprint density at radius 3 is 2.42 bits per heavy atom. The highest BCUT2D eigenvalue weighted by atomic mass is 19.4. The summed E-state index contributed by atoms with van der Waals surface area (Å²) in [6.07, 6.45) is -4.18. The molecule has 10 heteroatoms. The van der Waals surface area contributed by atoms with E-state index in [1.165, 1.54) is 19.3 Å². The molecule has 6 nitrogen and oxygen atoms in total. The Morgan fingerprint density at radius 1 is 1.03 bits per heavy atom. The third kappa shape index (κ3) is 5.85. The number of halogens is 4. The third-order valence-corrected chi connectivity index (χ3v) is 4.78. The van der Waals surface area contributed by atoms with E-state index < -0.39 is 35.8 Å². The summed E-state index contributed by atoms with van der Waals surface area (Å²) in [5, 5.41) is 7.99. The standard InChI is InChI=1S/C23H20F4N4O2/c1-13-5-3-4-6-18(13)31-21-19(9-15(12-29-21)22(33)28-2)30-20(32)10-14-7-8-16(24)11-17(14)23(25,26)27/h3-9,11-12H,10H2,1-2H3,(H,28,33)(H,29,31)(H,30,32). The van der Waals surface area contributed by atoms with Crippen molar-refractivity contribution in [3.05, 3.63) is 82.8 Å². The van der Waals surface area contributed by atoms with Crippen molar-refractivity contribution in [1.82, 2.24) is 10.3 Å². The molecule has 0 atom stereocenters. The van der Waals surface area contributed by atoms with Crippen molar-refractivity contribution in [3.8, 4) is 0 Å². The molecule has 172 valence electrons. The molecular formula is C23H20F4N4O2. The summed E-state index contributed by atoms with van der Waals surface area (Å²) < 4.78 is 53.2. The molecule has 0 aliphatic heterocycles. The summed E-state index contributed by atoms with van der Waals surface area (Å²) >= 11 is 0. The van der Waals surface area contributed by atoms with Crippen LogP contribution < -0.4 is 16.0 Å². The highest BCUT2D eigenvalue weighted by Gasteiger charge is 2.34. The third-order valence-electron chi connectivity index (χ3n) is 4.78. The van der Waals surface area contributed by atoms with Crippen LogP contribution in [0.25, 0.3) is 0 Å². The van der Waals surface area contributed by atoms with Gasteiger partial charge in [-0.25, -0.2) is 9.37 Å². The fourth-order valence-corrected chi connectivity index (χ4v) is 3.10. The molecule has 0 saturated carbocycles. The second-order valence-corrected chi connectivity index (χ2v) is 7.16. The Bertz CT molecular complexity index is 1200. The smallest absolute Gasteiger partial charge is 0.355 e. The topological polar surface area (TPSA) is 83.1 Å². The SMILES string of the molecule is CNC(=O)c1cnc(Nc2ccccc2C)c(NC(=O)Cc2ccc(F)cc2C(F)(F)F)c1. The van der Waals surface area contributed by atoms with Crippen LogP contribution >= 0.6 is 0 Å². The molecule has 3 N–H and O–H groups in total. The highest BCUT2D eigenvalue weighted by Crippen LogP contribution is 2.33. The quantitative estimate of drug-likeness (QED) is 0.460. The minimum absolute atomic E-state index is 0.0972. The maximum absolute atomic E-state index is 13.4. The van der Waals surface area contributed by atoms with Crippen LogP contribution in [-0.4, -0.2) is 23.8 Å². The van der Waals surface area contributed by atoms with E-state index >= 15 is 0 Å². The Morgan fingerprint density at radius 2 is 1.76 bits per heavy atom. The molecule has 3 aromatic rings. The van der Waals surface area contributed by atoms with Gasteiger partial charge in [0.1, 0.15) is 5.82 Å². The summed E-state index contributed by atoms with van der Waals surface area (Å²) in [5.41, 5.74) is 0.193. The van der Waals surface area contributed by atoms with E-state index in [9.17, 15) is 27.2 Å². The number of hydrogen-bond donors (Lipinski definition) is 3. The Kier molecular flexibility index (Phi) is 6.95. The molecule has 0 radical (unpaired) electrons. The van der Waals surface area contributed by atoms with Gasteiger partial charge in [-0.1, -0.05) is 24.3 Å². The molecule has 0 aliphatic carbocycles. The van der Waals surface area contributed by atoms with Crippen LogP contribution in [0.4, 0.5) is 34.8 Å².